The molecule has 1 aliphatic heterocycles. The van der Waals surface area contributed by atoms with Crippen LogP contribution in [0.2, 0.25) is 0 Å². The quantitative estimate of drug-likeness (QED) is 0.564. The fourth-order valence-electron chi connectivity index (χ4n) is 5.60. The Hall–Kier alpha value is -0.720. The molecule has 0 aromatic heterocycles. The van der Waals surface area contributed by atoms with E-state index in [1.54, 1.807) is 13.0 Å². The van der Waals surface area contributed by atoms with Crippen LogP contribution < -0.4 is 0 Å². The summed E-state index contributed by atoms with van der Waals surface area (Å²) in [5, 5.41) is 40.2. The summed E-state index contributed by atoms with van der Waals surface area (Å²) >= 11 is 0. The van der Waals surface area contributed by atoms with Gasteiger partial charge in [0, 0.05) is 17.8 Å². The summed E-state index contributed by atoms with van der Waals surface area (Å²) < 4.78 is 6.31. The summed E-state index contributed by atoms with van der Waals surface area (Å²) in [5.74, 6) is 0.451. The van der Waals surface area contributed by atoms with Crippen LogP contribution in [0.15, 0.2) is 23.8 Å². The van der Waals surface area contributed by atoms with Gasteiger partial charge in [0.25, 0.3) is 0 Å². The maximum absolute atomic E-state index is 10.9. The van der Waals surface area contributed by atoms with Crippen LogP contribution in [0.3, 0.4) is 0 Å². The van der Waals surface area contributed by atoms with Crippen molar-refractivity contribution >= 4 is 0 Å². The van der Waals surface area contributed by atoms with E-state index in [4.69, 9.17) is 9.84 Å². The first-order valence-corrected chi connectivity index (χ1v) is 9.41. The lowest BCUT2D eigenvalue weighted by Crippen LogP contribution is -2.58. The summed E-state index contributed by atoms with van der Waals surface area (Å²) in [7, 11) is 0. The van der Waals surface area contributed by atoms with Gasteiger partial charge in [-0.05, 0) is 44.1 Å². The van der Waals surface area contributed by atoms with Gasteiger partial charge in [0.15, 0.2) is 0 Å². The molecule has 0 amide bonds. The Morgan fingerprint density at radius 2 is 2.12 bits per heavy atom. The molecule has 0 spiro atoms. The largest absolute Gasteiger partial charge is 0.392 e. The van der Waals surface area contributed by atoms with Gasteiger partial charge in [-0.3, -0.25) is 0 Å². The van der Waals surface area contributed by atoms with E-state index in [0.29, 0.717) is 31.8 Å². The molecule has 6 unspecified atom stereocenters. The molecule has 5 nitrogen and oxygen atoms in total. The van der Waals surface area contributed by atoms with Crippen molar-refractivity contribution in [2.75, 3.05) is 19.8 Å². The third kappa shape index (κ3) is 3.10. The number of hydrogen-bond acceptors (Lipinski definition) is 5. The molecule has 6 atom stereocenters. The fraction of sp³-hybridized carbons (Fsp3) is 0.800. The van der Waals surface area contributed by atoms with E-state index >= 15 is 0 Å². The van der Waals surface area contributed by atoms with Crippen LogP contribution in [0.1, 0.15) is 46.0 Å². The average molecular weight is 352 g/mol. The first kappa shape index (κ1) is 19.1. The second-order valence-electron chi connectivity index (χ2n) is 8.56. The Morgan fingerprint density at radius 1 is 1.36 bits per heavy atom. The highest BCUT2D eigenvalue weighted by atomic mass is 16.5. The number of aliphatic hydroxyl groups is 4. The maximum atomic E-state index is 10.9. The summed E-state index contributed by atoms with van der Waals surface area (Å²) in [4.78, 5) is 0. The van der Waals surface area contributed by atoms with Crippen molar-refractivity contribution in [1.82, 2.24) is 0 Å². The van der Waals surface area contributed by atoms with Gasteiger partial charge in [-0.25, -0.2) is 0 Å². The molecule has 1 saturated carbocycles. The standard InChI is InChI=1S/C20H32O5/c1-14-10-17(23)20-12-18(2,24)7-3-4-16(20)19(14,13-25-20)8-5-15(11-22)6-9-21/h3,6-7,14,16-17,21-24H,4-5,8-13H2,1-2H3. The number of aliphatic hydroxyl groups excluding tert-OH is 3. The van der Waals surface area contributed by atoms with Gasteiger partial charge in [-0.2, -0.15) is 0 Å². The smallest absolute Gasteiger partial charge is 0.101 e. The molecular formula is C20H32O5. The van der Waals surface area contributed by atoms with Crippen LogP contribution in [0.25, 0.3) is 0 Å². The lowest BCUT2D eigenvalue weighted by molar-refractivity contribution is -0.157. The van der Waals surface area contributed by atoms with E-state index in [-0.39, 0.29) is 24.5 Å². The molecule has 1 heterocycles. The SMILES string of the molecule is CC1CC(O)C23CC(C)(O)C=CCC2C1(CCC(=CCO)CO)CO3. The van der Waals surface area contributed by atoms with E-state index in [1.807, 2.05) is 12.2 Å². The molecule has 4 N–H and O–H groups in total. The van der Waals surface area contributed by atoms with Crippen LogP contribution >= 0.6 is 0 Å². The Morgan fingerprint density at radius 3 is 2.80 bits per heavy atom. The molecule has 2 aliphatic carbocycles. The maximum Gasteiger partial charge on any atom is 0.101 e. The summed E-state index contributed by atoms with van der Waals surface area (Å²) in [6, 6.07) is 0. The molecule has 2 bridgehead atoms. The Labute approximate surface area is 150 Å². The van der Waals surface area contributed by atoms with Crippen molar-refractivity contribution in [3.63, 3.8) is 0 Å². The molecule has 0 aromatic carbocycles. The Kier molecular flexibility index (Phi) is 5.17. The number of rotatable bonds is 5. The van der Waals surface area contributed by atoms with E-state index in [1.165, 1.54) is 0 Å². The van der Waals surface area contributed by atoms with Gasteiger partial charge in [0.1, 0.15) is 5.60 Å². The van der Waals surface area contributed by atoms with Crippen LogP contribution in [-0.2, 0) is 4.74 Å². The van der Waals surface area contributed by atoms with Crippen molar-refractivity contribution in [2.24, 2.45) is 17.3 Å². The van der Waals surface area contributed by atoms with Crippen molar-refractivity contribution in [2.45, 2.75) is 63.3 Å². The molecule has 5 heteroatoms. The normalized spacial score (nSPS) is 46.8. The Bertz CT molecular complexity index is 554. The molecule has 3 aliphatic rings. The van der Waals surface area contributed by atoms with Gasteiger partial charge in [0.05, 0.1) is 31.5 Å². The minimum Gasteiger partial charge on any atom is -0.392 e. The lowest BCUT2D eigenvalue weighted by atomic mass is 9.53. The van der Waals surface area contributed by atoms with Crippen LogP contribution in [0.4, 0.5) is 0 Å². The molecule has 1 saturated heterocycles. The predicted molar refractivity (Wildman–Crippen MR) is 94.9 cm³/mol. The minimum atomic E-state index is -0.973. The minimum absolute atomic E-state index is 0.0427. The number of hydrogen-bond donors (Lipinski definition) is 4. The highest BCUT2D eigenvalue weighted by Crippen LogP contribution is 2.63. The van der Waals surface area contributed by atoms with Gasteiger partial charge in [-0.15, -0.1) is 0 Å². The molecular weight excluding hydrogens is 320 g/mol. The van der Waals surface area contributed by atoms with Crippen molar-refractivity contribution in [3.05, 3.63) is 23.8 Å². The highest BCUT2D eigenvalue weighted by Gasteiger charge is 2.67. The van der Waals surface area contributed by atoms with E-state index in [2.05, 4.69) is 6.92 Å². The summed E-state index contributed by atoms with van der Waals surface area (Å²) in [6.45, 7) is 4.44. The average Bonchev–Trinajstić information content (AvgIpc) is 2.71. The van der Waals surface area contributed by atoms with E-state index in [0.717, 1.165) is 18.4 Å². The molecule has 2 fully saturated rings. The molecule has 25 heavy (non-hydrogen) atoms. The predicted octanol–water partition coefficient (Wildman–Crippen LogP) is 1.55. The third-order valence-electron chi connectivity index (χ3n) is 6.99. The van der Waals surface area contributed by atoms with Crippen LogP contribution in [0.5, 0.6) is 0 Å². The van der Waals surface area contributed by atoms with E-state index in [9.17, 15) is 15.3 Å². The third-order valence-corrected chi connectivity index (χ3v) is 6.99. The van der Waals surface area contributed by atoms with Crippen LogP contribution in [-0.4, -0.2) is 57.6 Å². The fourth-order valence-corrected chi connectivity index (χ4v) is 5.60. The van der Waals surface area contributed by atoms with Gasteiger partial charge in [-0.1, -0.05) is 25.2 Å². The number of ether oxygens (including phenoxy) is 1. The van der Waals surface area contributed by atoms with Gasteiger partial charge < -0.3 is 25.2 Å². The zero-order chi connectivity index (χ0) is 18.3. The summed E-state index contributed by atoms with van der Waals surface area (Å²) in [5.41, 5.74) is -0.893. The monoisotopic (exact) mass is 352 g/mol. The lowest BCUT2D eigenvalue weighted by Gasteiger charge is -2.52. The van der Waals surface area contributed by atoms with Crippen molar-refractivity contribution in [3.8, 4) is 0 Å². The van der Waals surface area contributed by atoms with Gasteiger partial charge >= 0.3 is 0 Å². The van der Waals surface area contributed by atoms with E-state index < -0.39 is 17.3 Å². The van der Waals surface area contributed by atoms with Crippen LogP contribution in [0, 0.1) is 17.3 Å². The second-order valence-corrected chi connectivity index (χ2v) is 8.56. The molecule has 0 radical (unpaired) electrons. The first-order valence-electron chi connectivity index (χ1n) is 9.41. The summed E-state index contributed by atoms with van der Waals surface area (Å²) in [6.07, 6.45) is 8.44. The van der Waals surface area contributed by atoms with Crippen molar-refractivity contribution in [1.29, 1.82) is 0 Å². The number of allylic oxidation sites excluding steroid dienone is 1. The molecule has 0 aromatic rings. The zero-order valence-corrected chi connectivity index (χ0v) is 15.3. The zero-order valence-electron chi connectivity index (χ0n) is 15.3. The molecule has 142 valence electrons. The highest BCUT2D eigenvalue weighted by molar-refractivity contribution is 5.21. The second kappa shape index (κ2) is 6.78. The Balaban J connectivity index is 1.91. The first-order chi connectivity index (χ1) is 11.8. The topological polar surface area (TPSA) is 90.2 Å². The molecule has 3 rings (SSSR count). The van der Waals surface area contributed by atoms with Gasteiger partial charge in [0.2, 0.25) is 0 Å². The van der Waals surface area contributed by atoms with Crippen molar-refractivity contribution < 1.29 is 25.2 Å².